The van der Waals surface area contributed by atoms with E-state index in [0.717, 1.165) is 23.7 Å². The SMILES string of the molecule is CCC(C)Oc1ccccc1/C=C1\SC(=O)N(CCOc2ccc(Cl)cc2)C1=O. The highest BCUT2D eigenvalue weighted by Crippen LogP contribution is 2.34. The molecule has 2 aromatic carbocycles. The molecule has 0 N–H and O–H groups in total. The Hall–Kier alpha value is -2.44. The lowest BCUT2D eigenvalue weighted by molar-refractivity contribution is -0.123. The van der Waals surface area contributed by atoms with Crippen LogP contribution < -0.4 is 9.47 Å². The zero-order chi connectivity index (χ0) is 20.8. The molecule has 1 saturated heterocycles. The van der Waals surface area contributed by atoms with Gasteiger partial charge in [-0.15, -0.1) is 0 Å². The van der Waals surface area contributed by atoms with E-state index < -0.39 is 0 Å². The van der Waals surface area contributed by atoms with Crippen LogP contribution in [-0.2, 0) is 4.79 Å². The normalized spacial score (nSPS) is 16.4. The van der Waals surface area contributed by atoms with Gasteiger partial charge in [0.2, 0.25) is 0 Å². The van der Waals surface area contributed by atoms with Gasteiger partial charge >= 0.3 is 0 Å². The summed E-state index contributed by atoms with van der Waals surface area (Å²) >= 11 is 6.77. The van der Waals surface area contributed by atoms with Crippen LogP contribution in [0.4, 0.5) is 4.79 Å². The second-order valence-electron chi connectivity index (χ2n) is 6.51. The minimum absolute atomic E-state index is 0.0598. The van der Waals surface area contributed by atoms with Crippen molar-refractivity contribution < 1.29 is 19.1 Å². The van der Waals surface area contributed by atoms with Gasteiger partial charge in [0.15, 0.2) is 0 Å². The molecule has 2 aromatic rings. The highest BCUT2D eigenvalue weighted by Gasteiger charge is 2.35. The third-order valence-corrected chi connectivity index (χ3v) is 5.54. The molecule has 1 heterocycles. The number of hydrogen-bond donors (Lipinski definition) is 0. The number of para-hydroxylation sites is 1. The first-order chi connectivity index (χ1) is 14.0. The molecule has 2 amide bonds. The van der Waals surface area contributed by atoms with E-state index in [4.69, 9.17) is 21.1 Å². The van der Waals surface area contributed by atoms with E-state index >= 15 is 0 Å². The van der Waals surface area contributed by atoms with Crippen molar-refractivity contribution >= 4 is 40.6 Å². The van der Waals surface area contributed by atoms with Gasteiger partial charge < -0.3 is 9.47 Å². The molecule has 1 aliphatic heterocycles. The van der Waals surface area contributed by atoms with Gasteiger partial charge in [0.1, 0.15) is 18.1 Å². The molecule has 0 saturated carbocycles. The summed E-state index contributed by atoms with van der Waals surface area (Å²) in [5.74, 6) is 1.01. The average Bonchev–Trinajstić information content (AvgIpc) is 2.98. The molecule has 0 radical (unpaired) electrons. The maximum atomic E-state index is 12.7. The van der Waals surface area contributed by atoms with Crippen LogP contribution in [0, 0.1) is 0 Å². The first-order valence-electron chi connectivity index (χ1n) is 9.37. The topological polar surface area (TPSA) is 55.8 Å². The van der Waals surface area contributed by atoms with Crippen molar-refractivity contribution in [1.29, 1.82) is 0 Å². The maximum absolute atomic E-state index is 12.7. The Morgan fingerprint density at radius 2 is 1.86 bits per heavy atom. The average molecular weight is 432 g/mol. The van der Waals surface area contributed by atoms with Crippen LogP contribution in [-0.4, -0.2) is 35.3 Å². The van der Waals surface area contributed by atoms with Gasteiger partial charge in [-0.1, -0.05) is 36.7 Å². The van der Waals surface area contributed by atoms with Crippen molar-refractivity contribution in [1.82, 2.24) is 4.90 Å². The van der Waals surface area contributed by atoms with E-state index in [1.807, 2.05) is 38.1 Å². The van der Waals surface area contributed by atoms with Crippen LogP contribution in [0.3, 0.4) is 0 Å². The molecule has 7 heteroatoms. The predicted molar refractivity (Wildman–Crippen MR) is 116 cm³/mol. The molecule has 5 nitrogen and oxygen atoms in total. The van der Waals surface area contributed by atoms with Gasteiger partial charge in [-0.2, -0.15) is 0 Å². The van der Waals surface area contributed by atoms with Gasteiger partial charge in [0, 0.05) is 10.6 Å². The number of rotatable bonds is 8. The molecule has 1 fully saturated rings. The molecule has 0 bridgehead atoms. The third kappa shape index (κ3) is 5.55. The Kier molecular flexibility index (Phi) is 7.23. The molecule has 1 unspecified atom stereocenters. The third-order valence-electron chi connectivity index (χ3n) is 4.38. The number of nitrogens with zero attached hydrogens (tertiary/aromatic N) is 1. The summed E-state index contributed by atoms with van der Waals surface area (Å²) in [6, 6.07) is 14.4. The minimum Gasteiger partial charge on any atom is -0.492 e. The molecule has 29 heavy (non-hydrogen) atoms. The molecule has 152 valence electrons. The van der Waals surface area contributed by atoms with Gasteiger partial charge in [0.05, 0.1) is 17.6 Å². The number of benzene rings is 2. The van der Waals surface area contributed by atoms with Crippen LogP contribution in [0.2, 0.25) is 5.02 Å². The number of carbonyl (C=O) groups is 2. The number of amides is 2. The van der Waals surface area contributed by atoms with Crippen LogP contribution in [0.5, 0.6) is 11.5 Å². The lowest BCUT2D eigenvalue weighted by Gasteiger charge is -2.15. The highest BCUT2D eigenvalue weighted by atomic mass is 35.5. The lowest BCUT2D eigenvalue weighted by Crippen LogP contribution is -2.32. The number of thioether (sulfide) groups is 1. The van der Waals surface area contributed by atoms with Crippen molar-refractivity contribution in [3.05, 3.63) is 64.0 Å². The van der Waals surface area contributed by atoms with Gasteiger partial charge in [0.25, 0.3) is 11.1 Å². The number of ether oxygens (including phenoxy) is 2. The molecule has 1 atom stereocenters. The van der Waals surface area contributed by atoms with Crippen molar-refractivity contribution in [2.75, 3.05) is 13.2 Å². The van der Waals surface area contributed by atoms with E-state index in [9.17, 15) is 9.59 Å². The smallest absolute Gasteiger partial charge is 0.293 e. The number of imide groups is 1. The Bertz CT molecular complexity index is 913. The zero-order valence-electron chi connectivity index (χ0n) is 16.3. The summed E-state index contributed by atoms with van der Waals surface area (Å²) in [4.78, 5) is 26.6. The first kappa shape index (κ1) is 21.3. The van der Waals surface area contributed by atoms with E-state index in [2.05, 4.69) is 0 Å². The van der Waals surface area contributed by atoms with Gasteiger partial charge in [-0.25, -0.2) is 0 Å². The number of halogens is 1. The van der Waals surface area contributed by atoms with Gasteiger partial charge in [-0.3, -0.25) is 14.5 Å². The summed E-state index contributed by atoms with van der Waals surface area (Å²) in [5, 5.41) is 0.312. The Labute approximate surface area is 179 Å². The fourth-order valence-corrected chi connectivity index (χ4v) is 3.61. The monoisotopic (exact) mass is 431 g/mol. The molecule has 0 aromatic heterocycles. The van der Waals surface area contributed by atoms with Crippen LogP contribution in [0.15, 0.2) is 53.4 Å². The fraction of sp³-hybridized carbons (Fsp3) is 0.273. The highest BCUT2D eigenvalue weighted by molar-refractivity contribution is 8.18. The van der Waals surface area contributed by atoms with Crippen molar-refractivity contribution in [3.8, 4) is 11.5 Å². The number of hydrogen-bond acceptors (Lipinski definition) is 5. The van der Waals surface area contributed by atoms with Crippen molar-refractivity contribution in [3.63, 3.8) is 0 Å². The first-order valence-corrected chi connectivity index (χ1v) is 10.6. The second-order valence-corrected chi connectivity index (χ2v) is 7.94. The lowest BCUT2D eigenvalue weighted by atomic mass is 10.1. The quantitative estimate of drug-likeness (QED) is 0.507. The van der Waals surface area contributed by atoms with E-state index in [1.165, 1.54) is 4.90 Å². The summed E-state index contributed by atoms with van der Waals surface area (Å²) in [5.41, 5.74) is 0.774. The maximum Gasteiger partial charge on any atom is 0.293 e. The Balaban J connectivity index is 1.66. The van der Waals surface area contributed by atoms with E-state index in [0.29, 0.717) is 21.4 Å². The minimum atomic E-state index is -0.321. The van der Waals surface area contributed by atoms with Crippen molar-refractivity contribution in [2.45, 2.75) is 26.4 Å². The van der Waals surface area contributed by atoms with Crippen molar-refractivity contribution in [2.24, 2.45) is 0 Å². The van der Waals surface area contributed by atoms with Crippen LogP contribution >= 0.6 is 23.4 Å². The van der Waals surface area contributed by atoms with E-state index in [-0.39, 0.29) is 30.4 Å². The fourth-order valence-electron chi connectivity index (χ4n) is 2.63. The molecule has 1 aliphatic rings. The molecule has 0 spiro atoms. The second kappa shape index (κ2) is 9.85. The Morgan fingerprint density at radius 1 is 1.14 bits per heavy atom. The molecule has 0 aliphatic carbocycles. The summed E-state index contributed by atoms with van der Waals surface area (Å²) in [6.45, 7) is 4.42. The summed E-state index contributed by atoms with van der Waals surface area (Å²) < 4.78 is 11.5. The largest absolute Gasteiger partial charge is 0.492 e. The zero-order valence-corrected chi connectivity index (χ0v) is 17.8. The standard InChI is InChI=1S/C22H22ClNO4S/c1-3-15(2)28-19-7-5-4-6-16(19)14-20-21(25)24(22(26)29-20)12-13-27-18-10-8-17(23)9-11-18/h4-11,14-15H,3,12-13H2,1-2H3/b20-14-. The summed E-state index contributed by atoms with van der Waals surface area (Å²) in [6.07, 6.45) is 2.64. The summed E-state index contributed by atoms with van der Waals surface area (Å²) in [7, 11) is 0. The van der Waals surface area contributed by atoms with Gasteiger partial charge in [-0.05, 0) is 61.5 Å². The van der Waals surface area contributed by atoms with E-state index in [1.54, 1.807) is 30.3 Å². The Morgan fingerprint density at radius 3 is 2.59 bits per heavy atom. The molecular formula is C22H22ClNO4S. The molecule has 3 rings (SSSR count). The number of carbonyl (C=O) groups excluding carboxylic acids is 2. The predicted octanol–water partition coefficient (Wildman–Crippen LogP) is 5.63. The van der Waals surface area contributed by atoms with Crippen LogP contribution in [0.1, 0.15) is 25.8 Å². The van der Waals surface area contributed by atoms with Crippen LogP contribution in [0.25, 0.3) is 6.08 Å². The molecular weight excluding hydrogens is 410 g/mol.